The summed E-state index contributed by atoms with van der Waals surface area (Å²) in [6.45, 7) is 8.63. The summed E-state index contributed by atoms with van der Waals surface area (Å²) >= 11 is 0. The Bertz CT molecular complexity index is 255. The number of hydrogen-bond acceptors (Lipinski definition) is 2. The molecular formula is C12H23BN2O2. The van der Waals surface area contributed by atoms with Crippen molar-refractivity contribution in [1.82, 2.24) is 10.2 Å². The first kappa shape index (κ1) is 16.0. The Balaban J connectivity index is 4.28. The van der Waals surface area contributed by atoms with E-state index in [-0.39, 0.29) is 30.7 Å². The van der Waals surface area contributed by atoms with Crippen LogP contribution in [-0.4, -0.2) is 43.7 Å². The van der Waals surface area contributed by atoms with Crippen molar-refractivity contribution in [3.05, 3.63) is 0 Å². The lowest BCUT2D eigenvalue weighted by Crippen LogP contribution is -2.43. The average Bonchev–Trinajstić information content (AvgIpc) is 2.21. The van der Waals surface area contributed by atoms with Crippen molar-refractivity contribution >= 4 is 19.7 Å². The van der Waals surface area contributed by atoms with Gasteiger partial charge in [-0.3, -0.25) is 9.59 Å². The van der Waals surface area contributed by atoms with Gasteiger partial charge in [-0.05, 0) is 32.5 Å². The SMILES string of the molecule is [B]CC(=O)N(CCC(C)C)CC(=O)NC(C)C. The van der Waals surface area contributed by atoms with E-state index in [4.69, 9.17) is 7.85 Å². The largest absolute Gasteiger partial charge is 0.352 e. The van der Waals surface area contributed by atoms with Gasteiger partial charge < -0.3 is 10.2 Å². The third-order valence-corrected chi connectivity index (χ3v) is 2.29. The fourth-order valence-corrected chi connectivity index (χ4v) is 1.38. The molecule has 0 aromatic heterocycles. The van der Waals surface area contributed by atoms with Crippen molar-refractivity contribution in [2.24, 2.45) is 5.92 Å². The first-order chi connectivity index (χ1) is 7.86. The number of rotatable bonds is 7. The van der Waals surface area contributed by atoms with Crippen LogP contribution in [0.2, 0.25) is 6.32 Å². The van der Waals surface area contributed by atoms with Gasteiger partial charge in [0.15, 0.2) is 0 Å². The normalized spacial score (nSPS) is 10.7. The molecule has 1 N–H and O–H groups in total. The van der Waals surface area contributed by atoms with Crippen LogP contribution in [0.5, 0.6) is 0 Å². The lowest BCUT2D eigenvalue weighted by Gasteiger charge is -2.23. The van der Waals surface area contributed by atoms with E-state index in [0.29, 0.717) is 12.5 Å². The summed E-state index contributed by atoms with van der Waals surface area (Å²) in [5.74, 6) is 0.186. The van der Waals surface area contributed by atoms with E-state index < -0.39 is 0 Å². The molecule has 0 fully saturated rings. The lowest BCUT2D eigenvalue weighted by atomic mass is 10.0. The Hall–Kier alpha value is -0.995. The monoisotopic (exact) mass is 238 g/mol. The van der Waals surface area contributed by atoms with Crippen molar-refractivity contribution in [2.45, 2.75) is 46.5 Å². The highest BCUT2D eigenvalue weighted by molar-refractivity contribution is 6.19. The number of nitrogens with zero attached hydrogens (tertiary/aromatic N) is 1. The minimum Gasteiger partial charge on any atom is -0.352 e. The maximum Gasteiger partial charge on any atom is 0.239 e. The molecule has 0 saturated heterocycles. The van der Waals surface area contributed by atoms with Gasteiger partial charge in [0.2, 0.25) is 11.8 Å². The summed E-state index contributed by atoms with van der Waals surface area (Å²) in [5.41, 5.74) is 0. The molecule has 0 aliphatic carbocycles. The van der Waals surface area contributed by atoms with Crippen LogP contribution in [0.3, 0.4) is 0 Å². The molecule has 0 aliphatic rings. The molecule has 0 atom stereocenters. The van der Waals surface area contributed by atoms with E-state index in [1.807, 2.05) is 13.8 Å². The molecule has 0 unspecified atom stereocenters. The molecule has 17 heavy (non-hydrogen) atoms. The Morgan fingerprint density at radius 3 is 2.24 bits per heavy atom. The van der Waals surface area contributed by atoms with Gasteiger partial charge in [-0.2, -0.15) is 0 Å². The molecule has 0 heterocycles. The number of carbonyl (C=O) groups excluding carboxylic acids is 2. The Morgan fingerprint density at radius 2 is 1.82 bits per heavy atom. The van der Waals surface area contributed by atoms with E-state index in [0.717, 1.165) is 6.42 Å². The molecule has 2 amide bonds. The predicted molar refractivity (Wildman–Crippen MR) is 69.9 cm³/mol. The molecule has 0 aliphatic heterocycles. The average molecular weight is 238 g/mol. The molecule has 2 radical (unpaired) electrons. The van der Waals surface area contributed by atoms with Crippen LogP contribution < -0.4 is 5.32 Å². The molecule has 0 spiro atoms. The fraction of sp³-hybridized carbons (Fsp3) is 0.833. The molecule has 0 saturated carbocycles. The van der Waals surface area contributed by atoms with Crippen LogP contribution in [0.1, 0.15) is 34.1 Å². The van der Waals surface area contributed by atoms with E-state index in [1.54, 1.807) is 0 Å². The van der Waals surface area contributed by atoms with Gasteiger partial charge in [0, 0.05) is 12.6 Å². The molecule has 4 nitrogen and oxygen atoms in total. The summed E-state index contributed by atoms with van der Waals surface area (Å²) in [6, 6.07) is 0.0856. The number of nitrogens with one attached hydrogen (secondary N) is 1. The minimum atomic E-state index is -0.176. The van der Waals surface area contributed by atoms with Gasteiger partial charge in [-0.1, -0.05) is 13.8 Å². The van der Waals surface area contributed by atoms with Crippen molar-refractivity contribution < 1.29 is 9.59 Å². The van der Waals surface area contributed by atoms with Crippen LogP contribution in [0.25, 0.3) is 0 Å². The van der Waals surface area contributed by atoms with Gasteiger partial charge in [-0.25, -0.2) is 0 Å². The van der Waals surface area contributed by atoms with E-state index in [9.17, 15) is 9.59 Å². The summed E-state index contributed by atoms with van der Waals surface area (Å²) in [7, 11) is 5.33. The highest BCUT2D eigenvalue weighted by atomic mass is 16.2. The summed E-state index contributed by atoms with van der Waals surface area (Å²) in [6.07, 6.45) is 0.827. The second-order valence-corrected chi connectivity index (χ2v) is 4.92. The summed E-state index contributed by atoms with van der Waals surface area (Å²) < 4.78 is 0. The smallest absolute Gasteiger partial charge is 0.239 e. The quantitative estimate of drug-likeness (QED) is 0.672. The fourth-order valence-electron chi connectivity index (χ4n) is 1.38. The highest BCUT2D eigenvalue weighted by Gasteiger charge is 2.15. The number of amides is 2. The molecule has 0 rings (SSSR count). The summed E-state index contributed by atoms with van der Waals surface area (Å²) in [5, 5.41) is 2.77. The Labute approximate surface area is 106 Å². The zero-order valence-electron chi connectivity index (χ0n) is 11.3. The van der Waals surface area contributed by atoms with Crippen molar-refractivity contribution in [3.8, 4) is 0 Å². The van der Waals surface area contributed by atoms with Crippen LogP contribution in [0.4, 0.5) is 0 Å². The third kappa shape index (κ3) is 7.83. The van der Waals surface area contributed by atoms with Crippen molar-refractivity contribution in [3.63, 3.8) is 0 Å². The summed E-state index contributed by atoms with van der Waals surface area (Å²) in [4.78, 5) is 24.7. The first-order valence-corrected chi connectivity index (χ1v) is 6.14. The second-order valence-electron chi connectivity index (χ2n) is 4.92. The van der Waals surface area contributed by atoms with Gasteiger partial charge in [0.05, 0.1) is 14.4 Å². The van der Waals surface area contributed by atoms with Crippen LogP contribution in [0, 0.1) is 5.92 Å². The van der Waals surface area contributed by atoms with E-state index >= 15 is 0 Å². The van der Waals surface area contributed by atoms with Crippen molar-refractivity contribution in [2.75, 3.05) is 13.1 Å². The maximum atomic E-state index is 11.6. The van der Waals surface area contributed by atoms with Crippen LogP contribution in [-0.2, 0) is 9.59 Å². The van der Waals surface area contributed by atoms with Crippen molar-refractivity contribution in [1.29, 1.82) is 0 Å². The second kappa shape index (κ2) is 8.15. The Morgan fingerprint density at radius 1 is 1.24 bits per heavy atom. The standard InChI is InChI=1S/C12H23BN2O2/c1-9(2)5-6-15(12(17)7-13)8-11(16)14-10(3)4/h9-10H,5-8H2,1-4H3,(H,14,16). The topological polar surface area (TPSA) is 49.4 Å². The van der Waals surface area contributed by atoms with Gasteiger partial charge >= 0.3 is 0 Å². The van der Waals surface area contributed by atoms with Gasteiger partial charge in [0.1, 0.15) is 0 Å². The van der Waals surface area contributed by atoms with Gasteiger partial charge in [-0.15, -0.1) is 0 Å². The molecule has 96 valence electrons. The first-order valence-electron chi connectivity index (χ1n) is 6.14. The van der Waals surface area contributed by atoms with Crippen LogP contribution in [0.15, 0.2) is 0 Å². The molecule has 5 heteroatoms. The molecule has 0 bridgehead atoms. The molecule has 0 aromatic carbocycles. The zero-order valence-corrected chi connectivity index (χ0v) is 11.3. The van der Waals surface area contributed by atoms with E-state index in [2.05, 4.69) is 19.2 Å². The molecule has 0 aromatic rings. The number of hydrogen-bond donors (Lipinski definition) is 1. The Kier molecular flexibility index (Phi) is 7.67. The van der Waals surface area contributed by atoms with E-state index in [1.165, 1.54) is 4.90 Å². The van der Waals surface area contributed by atoms with Crippen LogP contribution >= 0.6 is 0 Å². The molecular weight excluding hydrogens is 215 g/mol. The zero-order chi connectivity index (χ0) is 13.4. The maximum absolute atomic E-state index is 11.6. The lowest BCUT2D eigenvalue weighted by molar-refractivity contribution is -0.134. The van der Waals surface area contributed by atoms with Gasteiger partial charge in [0.25, 0.3) is 0 Å². The number of carbonyl (C=O) groups is 2. The minimum absolute atomic E-state index is 0.0486. The predicted octanol–water partition coefficient (Wildman–Crippen LogP) is 0.972. The third-order valence-electron chi connectivity index (χ3n) is 2.29. The highest BCUT2D eigenvalue weighted by Crippen LogP contribution is 2.03.